The van der Waals surface area contributed by atoms with E-state index in [1.165, 1.54) is 23.7 Å². The standard InChI is InChI=1S/C21H25NO3/c1-15(14-24-16(2)23)25-18-10-8-17(9-11-18)19-12-13-22(3)21-7-5-4-6-20(19)21/h4-11,15,19H,12-14H2,1-3H3. The second kappa shape index (κ2) is 7.60. The summed E-state index contributed by atoms with van der Waals surface area (Å²) in [5.41, 5.74) is 4.00. The van der Waals surface area contributed by atoms with Crippen LogP contribution in [0.2, 0.25) is 0 Å². The molecule has 0 saturated carbocycles. The third kappa shape index (κ3) is 4.13. The van der Waals surface area contributed by atoms with Gasteiger partial charge in [-0.3, -0.25) is 4.79 Å². The van der Waals surface area contributed by atoms with E-state index in [9.17, 15) is 4.79 Å². The molecule has 0 saturated heterocycles. The van der Waals surface area contributed by atoms with Gasteiger partial charge in [-0.1, -0.05) is 30.3 Å². The predicted molar refractivity (Wildman–Crippen MR) is 99.3 cm³/mol. The van der Waals surface area contributed by atoms with E-state index in [0.29, 0.717) is 5.92 Å². The van der Waals surface area contributed by atoms with Crippen LogP contribution in [0.4, 0.5) is 5.69 Å². The number of fused-ring (bicyclic) bond motifs is 1. The van der Waals surface area contributed by atoms with Gasteiger partial charge in [0.05, 0.1) is 0 Å². The Balaban J connectivity index is 1.71. The fourth-order valence-electron chi connectivity index (χ4n) is 3.35. The molecule has 0 aliphatic carbocycles. The average molecular weight is 339 g/mol. The van der Waals surface area contributed by atoms with E-state index in [1.807, 2.05) is 19.1 Å². The number of hydrogen-bond donors (Lipinski definition) is 0. The van der Waals surface area contributed by atoms with Crippen molar-refractivity contribution >= 4 is 11.7 Å². The van der Waals surface area contributed by atoms with Gasteiger partial charge in [-0.25, -0.2) is 0 Å². The summed E-state index contributed by atoms with van der Waals surface area (Å²) in [5, 5.41) is 0. The molecule has 0 N–H and O–H groups in total. The topological polar surface area (TPSA) is 38.8 Å². The normalized spacial score (nSPS) is 17.6. The SMILES string of the molecule is CC(=O)OCC(C)Oc1ccc(C2CCN(C)c3ccccc32)cc1. The first-order chi connectivity index (χ1) is 12.0. The highest BCUT2D eigenvalue weighted by molar-refractivity contribution is 5.65. The molecule has 25 heavy (non-hydrogen) atoms. The molecule has 0 fully saturated rings. The quantitative estimate of drug-likeness (QED) is 0.772. The Morgan fingerprint density at radius 2 is 1.92 bits per heavy atom. The molecule has 4 heteroatoms. The molecule has 1 aliphatic heterocycles. The van der Waals surface area contributed by atoms with Crippen molar-refractivity contribution < 1.29 is 14.3 Å². The third-order valence-electron chi connectivity index (χ3n) is 4.62. The number of para-hydroxylation sites is 1. The number of benzene rings is 2. The number of ether oxygens (including phenoxy) is 2. The molecule has 2 aromatic carbocycles. The highest BCUT2D eigenvalue weighted by Gasteiger charge is 2.24. The molecule has 132 valence electrons. The lowest BCUT2D eigenvalue weighted by Crippen LogP contribution is -2.27. The Morgan fingerprint density at radius 3 is 2.64 bits per heavy atom. The Kier molecular flexibility index (Phi) is 5.27. The number of rotatable bonds is 5. The predicted octanol–water partition coefficient (Wildman–Crippen LogP) is 3.99. The van der Waals surface area contributed by atoms with Gasteiger partial charge < -0.3 is 14.4 Å². The maximum absolute atomic E-state index is 10.9. The minimum Gasteiger partial charge on any atom is -0.487 e. The second-order valence-corrected chi connectivity index (χ2v) is 6.62. The fraction of sp³-hybridized carbons (Fsp3) is 0.381. The molecule has 0 bridgehead atoms. The zero-order valence-corrected chi connectivity index (χ0v) is 15.1. The van der Waals surface area contributed by atoms with E-state index < -0.39 is 0 Å². The van der Waals surface area contributed by atoms with Crippen LogP contribution in [-0.2, 0) is 9.53 Å². The monoisotopic (exact) mass is 339 g/mol. The number of hydrogen-bond acceptors (Lipinski definition) is 4. The van der Waals surface area contributed by atoms with Crippen molar-refractivity contribution in [2.24, 2.45) is 0 Å². The summed E-state index contributed by atoms with van der Waals surface area (Å²) < 4.78 is 10.8. The van der Waals surface area contributed by atoms with Crippen LogP contribution in [0.15, 0.2) is 48.5 Å². The fourth-order valence-corrected chi connectivity index (χ4v) is 3.35. The van der Waals surface area contributed by atoms with E-state index in [1.54, 1.807) is 0 Å². The number of nitrogens with zero attached hydrogens (tertiary/aromatic N) is 1. The lowest BCUT2D eigenvalue weighted by molar-refractivity contribution is -0.143. The Bertz CT molecular complexity index is 726. The Hall–Kier alpha value is -2.49. The summed E-state index contributed by atoms with van der Waals surface area (Å²) in [6, 6.07) is 16.9. The highest BCUT2D eigenvalue weighted by Crippen LogP contribution is 2.38. The number of carbonyl (C=O) groups is 1. The van der Waals surface area contributed by atoms with Crippen molar-refractivity contribution in [3.05, 3.63) is 59.7 Å². The molecule has 2 atom stereocenters. The van der Waals surface area contributed by atoms with Gasteiger partial charge in [0.1, 0.15) is 18.5 Å². The maximum Gasteiger partial charge on any atom is 0.302 e. The summed E-state index contributed by atoms with van der Waals surface area (Å²) in [5.74, 6) is 0.927. The molecular formula is C21H25NO3. The van der Waals surface area contributed by atoms with Gasteiger partial charge in [-0.15, -0.1) is 0 Å². The average Bonchev–Trinajstić information content (AvgIpc) is 2.61. The minimum atomic E-state index is -0.285. The first-order valence-corrected chi connectivity index (χ1v) is 8.74. The van der Waals surface area contributed by atoms with Crippen LogP contribution < -0.4 is 9.64 Å². The van der Waals surface area contributed by atoms with E-state index in [4.69, 9.17) is 9.47 Å². The molecule has 1 aliphatic rings. The van der Waals surface area contributed by atoms with Gasteiger partial charge in [0.25, 0.3) is 0 Å². The van der Waals surface area contributed by atoms with Gasteiger partial charge in [-0.05, 0) is 42.7 Å². The van der Waals surface area contributed by atoms with Crippen LogP contribution in [0.5, 0.6) is 5.75 Å². The van der Waals surface area contributed by atoms with Crippen LogP contribution in [0.3, 0.4) is 0 Å². The van der Waals surface area contributed by atoms with Crippen LogP contribution in [-0.4, -0.2) is 32.3 Å². The van der Waals surface area contributed by atoms with Gasteiger partial charge in [0.15, 0.2) is 0 Å². The summed E-state index contributed by atoms with van der Waals surface area (Å²) >= 11 is 0. The van der Waals surface area contributed by atoms with Crippen LogP contribution in [0.25, 0.3) is 0 Å². The van der Waals surface area contributed by atoms with Crippen molar-refractivity contribution in [2.75, 3.05) is 25.1 Å². The smallest absolute Gasteiger partial charge is 0.302 e. The molecule has 0 spiro atoms. The number of carbonyl (C=O) groups excluding carboxylic acids is 1. The first-order valence-electron chi connectivity index (χ1n) is 8.74. The zero-order valence-electron chi connectivity index (χ0n) is 15.1. The van der Waals surface area contributed by atoms with Crippen LogP contribution in [0, 0.1) is 0 Å². The van der Waals surface area contributed by atoms with Crippen molar-refractivity contribution in [3.8, 4) is 5.75 Å². The summed E-state index contributed by atoms with van der Waals surface area (Å²) in [7, 11) is 2.15. The molecular weight excluding hydrogens is 314 g/mol. The molecule has 0 amide bonds. The largest absolute Gasteiger partial charge is 0.487 e. The maximum atomic E-state index is 10.9. The Labute approximate surface area is 149 Å². The zero-order chi connectivity index (χ0) is 17.8. The van der Waals surface area contributed by atoms with E-state index >= 15 is 0 Å². The second-order valence-electron chi connectivity index (χ2n) is 6.62. The summed E-state index contributed by atoms with van der Waals surface area (Å²) in [6.45, 7) is 4.61. The third-order valence-corrected chi connectivity index (χ3v) is 4.62. The molecule has 4 nitrogen and oxygen atoms in total. The molecule has 2 unspecified atom stereocenters. The number of esters is 1. The van der Waals surface area contributed by atoms with E-state index in [0.717, 1.165) is 18.7 Å². The molecule has 1 heterocycles. The van der Waals surface area contributed by atoms with E-state index in [-0.39, 0.29) is 18.7 Å². The van der Waals surface area contributed by atoms with Crippen LogP contribution in [0.1, 0.15) is 37.3 Å². The van der Waals surface area contributed by atoms with Crippen LogP contribution >= 0.6 is 0 Å². The number of anilines is 1. The lowest BCUT2D eigenvalue weighted by atomic mass is 9.84. The molecule has 2 aromatic rings. The van der Waals surface area contributed by atoms with Crippen molar-refractivity contribution in [1.82, 2.24) is 0 Å². The molecule has 0 radical (unpaired) electrons. The Morgan fingerprint density at radius 1 is 1.20 bits per heavy atom. The molecule has 0 aromatic heterocycles. The van der Waals surface area contributed by atoms with Gasteiger partial charge in [0, 0.05) is 32.1 Å². The highest BCUT2D eigenvalue weighted by atomic mass is 16.6. The van der Waals surface area contributed by atoms with Crippen molar-refractivity contribution in [1.29, 1.82) is 0 Å². The van der Waals surface area contributed by atoms with Gasteiger partial charge >= 0.3 is 5.97 Å². The lowest BCUT2D eigenvalue weighted by Gasteiger charge is -2.33. The van der Waals surface area contributed by atoms with E-state index in [2.05, 4.69) is 48.3 Å². The summed E-state index contributed by atoms with van der Waals surface area (Å²) in [6.07, 6.45) is 0.940. The van der Waals surface area contributed by atoms with Crippen molar-refractivity contribution in [3.63, 3.8) is 0 Å². The molecule has 3 rings (SSSR count). The van der Waals surface area contributed by atoms with Crippen molar-refractivity contribution in [2.45, 2.75) is 32.3 Å². The first kappa shape index (κ1) is 17.3. The minimum absolute atomic E-state index is 0.168. The van der Waals surface area contributed by atoms with Gasteiger partial charge in [0.2, 0.25) is 0 Å². The van der Waals surface area contributed by atoms with Gasteiger partial charge in [-0.2, -0.15) is 0 Å². The summed E-state index contributed by atoms with van der Waals surface area (Å²) in [4.78, 5) is 13.2.